The summed E-state index contributed by atoms with van der Waals surface area (Å²) in [6, 6.07) is 0. The second-order valence-corrected chi connectivity index (χ2v) is 4.47. The highest BCUT2D eigenvalue weighted by Crippen LogP contribution is 2.22. The molecule has 0 heterocycles. The number of hydrogen-bond acceptors (Lipinski definition) is 0. The Kier molecular flexibility index (Phi) is 7.03. The minimum Gasteiger partial charge on any atom is -0.0857 e. The first kappa shape index (κ1) is 12.7. The molecule has 0 saturated carbocycles. The van der Waals surface area contributed by atoms with Crippen LogP contribution >= 0.6 is 0 Å². The first-order chi connectivity index (χ1) is 6.11. The lowest BCUT2D eigenvalue weighted by molar-refractivity contribution is 0.387. The van der Waals surface area contributed by atoms with Gasteiger partial charge in [-0.2, -0.15) is 0 Å². The molecule has 0 aromatic carbocycles. The van der Waals surface area contributed by atoms with Crippen LogP contribution in [0, 0.1) is 17.8 Å². The topological polar surface area (TPSA) is 0 Å². The van der Waals surface area contributed by atoms with Gasteiger partial charge in [-0.25, -0.2) is 0 Å². The Morgan fingerprint density at radius 3 is 2.00 bits per heavy atom. The van der Waals surface area contributed by atoms with Gasteiger partial charge in [-0.3, -0.25) is 0 Å². The summed E-state index contributed by atoms with van der Waals surface area (Å²) in [6.07, 6.45) is 8.73. The van der Waals surface area contributed by atoms with Gasteiger partial charge in [0, 0.05) is 0 Å². The lowest BCUT2D eigenvalue weighted by Gasteiger charge is -2.18. The summed E-state index contributed by atoms with van der Waals surface area (Å²) in [5.74, 6) is 2.34. The van der Waals surface area contributed by atoms with Gasteiger partial charge in [-0.05, 0) is 24.2 Å². The van der Waals surface area contributed by atoms with Crippen LogP contribution in [0.4, 0.5) is 0 Å². The first-order valence-corrected chi connectivity index (χ1v) is 5.80. The third-order valence-electron chi connectivity index (χ3n) is 2.69. The molecule has 0 spiro atoms. The molecule has 0 rings (SSSR count). The molecular formula is C13H26. The van der Waals surface area contributed by atoms with E-state index in [0.29, 0.717) is 5.92 Å². The Bertz CT molecular complexity index is 133. The highest BCUT2D eigenvalue weighted by molar-refractivity contribution is 4.91. The zero-order chi connectivity index (χ0) is 10.3. The van der Waals surface area contributed by atoms with Crippen molar-refractivity contribution in [2.45, 2.75) is 53.9 Å². The summed E-state index contributed by atoms with van der Waals surface area (Å²) in [6.45, 7) is 11.4. The van der Waals surface area contributed by atoms with Crippen LogP contribution < -0.4 is 0 Å². The maximum atomic E-state index is 2.42. The molecule has 13 heavy (non-hydrogen) atoms. The molecule has 2 atom stereocenters. The van der Waals surface area contributed by atoms with Gasteiger partial charge in [0.2, 0.25) is 0 Å². The zero-order valence-corrected chi connectivity index (χ0v) is 10.0. The summed E-state index contributed by atoms with van der Waals surface area (Å²) in [7, 11) is 0. The fourth-order valence-corrected chi connectivity index (χ4v) is 1.76. The molecule has 0 aromatic heterocycles. The largest absolute Gasteiger partial charge is 0.0857 e. The van der Waals surface area contributed by atoms with Gasteiger partial charge in [-0.15, -0.1) is 0 Å². The molecule has 78 valence electrons. The van der Waals surface area contributed by atoms with E-state index in [2.05, 4.69) is 46.8 Å². The smallest absolute Gasteiger partial charge is 0.0210 e. The third-order valence-corrected chi connectivity index (χ3v) is 2.69. The molecule has 0 aliphatic rings. The monoisotopic (exact) mass is 182 g/mol. The summed E-state index contributed by atoms with van der Waals surface area (Å²) in [5, 5.41) is 0. The van der Waals surface area contributed by atoms with Crippen molar-refractivity contribution in [1.29, 1.82) is 0 Å². The van der Waals surface area contributed by atoms with Crippen LogP contribution in [0.3, 0.4) is 0 Å². The van der Waals surface area contributed by atoms with Crippen molar-refractivity contribution < 1.29 is 0 Å². The van der Waals surface area contributed by atoms with E-state index in [1.54, 1.807) is 0 Å². The maximum absolute atomic E-state index is 2.42. The second-order valence-electron chi connectivity index (χ2n) is 4.47. The maximum Gasteiger partial charge on any atom is -0.0210 e. The molecule has 0 fully saturated rings. The Labute approximate surface area is 84.4 Å². The van der Waals surface area contributed by atoms with Crippen molar-refractivity contribution in [3.8, 4) is 0 Å². The Morgan fingerprint density at radius 1 is 1.00 bits per heavy atom. The third kappa shape index (κ3) is 5.90. The quantitative estimate of drug-likeness (QED) is 0.524. The number of hydrogen-bond donors (Lipinski definition) is 0. The average Bonchev–Trinajstić information content (AvgIpc) is 2.05. The van der Waals surface area contributed by atoms with Crippen LogP contribution in [0.25, 0.3) is 0 Å². The summed E-state index contributed by atoms with van der Waals surface area (Å²) < 4.78 is 0. The Hall–Kier alpha value is -0.260. The van der Waals surface area contributed by atoms with E-state index >= 15 is 0 Å². The van der Waals surface area contributed by atoms with Gasteiger partial charge >= 0.3 is 0 Å². The van der Waals surface area contributed by atoms with Crippen LogP contribution in [0.1, 0.15) is 53.9 Å². The predicted molar refractivity (Wildman–Crippen MR) is 61.8 cm³/mol. The van der Waals surface area contributed by atoms with Gasteiger partial charge in [0.15, 0.2) is 0 Å². The fraction of sp³-hybridized carbons (Fsp3) is 0.846. The SMILES string of the molecule is CCCC(C)C(C=CC(C)C)CC. The molecular weight excluding hydrogens is 156 g/mol. The molecule has 0 N–H and O–H groups in total. The van der Waals surface area contributed by atoms with Crippen molar-refractivity contribution in [3.63, 3.8) is 0 Å². The minimum absolute atomic E-state index is 0.697. The predicted octanol–water partition coefficient (Wildman–Crippen LogP) is 4.66. The zero-order valence-electron chi connectivity index (χ0n) is 10.0. The molecule has 0 radical (unpaired) electrons. The fourth-order valence-electron chi connectivity index (χ4n) is 1.76. The molecule has 0 heteroatoms. The van der Waals surface area contributed by atoms with Gasteiger partial charge in [-0.1, -0.05) is 59.6 Å². The molecule has 0 aliphatic carbocycles. The van der Waals surface area contributed by atoms with Crippen molar-refractivity contribution in [1.82, 2.24) is 0 Å². The van der Waals surface area contributed by atoms with Crippen molar-refractivity contribution in [3.05, 3.63) is 12.2 Å². The van der Waals surface area contributed by atoms with Crippen LogP contribution in [-0.2, 0) is 0 Å². The molecule has 0 saturated heterocycles. The second kappa shape index (κ2) is 7.17. The molecule has 0 aliphatic heterocycles. The van der Waals surface area contributed by atoms with Gasteiger partial charge in [0.05, 0.1) is 0 Å². The summed E-state index contributed by atoms with van der Waals surface area (Å²) in [4.78, 5) is 0. The van der Waals surface area contributed by atoms with Crippen LogP contribution in [0.5, 0.6) is 0 Å². The van der Waals surface area contributed by atoms with Gasteiger partial charge in [0.1, 0.15) is 0 Å². The standard InChI is InChI=1S/C13H26/c1-6-8-12(5)13(7-2)10-9-11(3)4/h9-13H,6-8H2,1-5H3. The molecule has 0 amide bonds. The Morgan fingerprint density at radius 2 is 1.62 bits per heavy atom. The molecule has 2 unspecified atom stereocenters. The summed E-state index contributed by atoms with van der Waals surface area (Å²) in [5.41, 5.74) is 0. The number of allylic oxidation sites excluding steroid dienone is 2. The van der Waals surface area contributed by atoms with E-state index in [1.807, 2.05) is 0 Å². The van der Waals surface area contributed by atoms with Crippen molar-refractivity contribution >= 4 is 0 Å². The van der Waals surface area contributed by atoms with E-state index in [9.17, 15) is 0 Å². The average molecular weight is 182 g/mol. The lowest BCUT2D eigenvalue weighted by atomic mass is 9.87. The van der Waals surface area contributed by atoms with Crippen LogP contribution in [0.2, 0.25) is 0 Å². The molecule has 0 aromatic rings. The van der Waals surface area contributed by atoms with E-state index < -0.39 is 0 Å². The Balaban J connectivity index is 4.00. The van der Waals surface area contributed by atoms with Crippen LogP contribution in [-0.4, -0.2) is 0 Å². The van der Waals surface area contributed by atoms with E-state index in [0.717, 1.165) is 11.8 Å². The van der Waals surface area contributed by atoms with E-state index in [1.165, 1.54) is 19.3 Å². The number of rotatable bonds is 6. The molecule has 0 bridgehead atoms. The van der Waals surface area contributed by atoms with E-state index in [4.69, 9.17) is 0 Å². The van der Waals surface area contributed by atoms with E-state index in [-0.39, 0.29) is 0 Å². The van der Waals surface area contributed by atoms with Crippen LogP contribution in [0.15, 0.2) is 12.2 Å². The minimum atomic E-state index is 0.697. The van der Waals surface area contributed by atoms with Crippen molar-refractivity contribution in [2.24, 2.45) is 17.8 Å². The highest BCUT2D eigenvalue weighted by atomic mass is 14.2. The lowest BCUT2D eigenvalue weighted by Crippen LogP contribution is -2.08. The molecule has 0 nitrogen and oxygen atoms in total. The highest BCUT2D eigenvalue weighted by Gasteiger charge is 2.10. The normalized spacial score (nSPS) is 16.8. The van der Waals surface area contributed by atoms with Gasteiger partial charge in [0.25, 0.3) is 0 Å². The summed E-state index contributed by atoms with van der Waals surface area (Å²) >= 11 is 0. The van der Waals surface area contributed by atoms with Gasteiger partial charge < -0.3 is 0 Å². The van der Waals surface area contributed by atoms with Crippen molar-refractivity contribution in [2.75, 3.05) is 0 Å². The first-order valence-electron chi connectivity index (χ1n) is 5.80.